The van der Waals surface area contributed by atoms with Crippen molar-refractivity contribution >= 4 is 16.1 Å². The van der Waals surface area contributed by atoms with E-state index in [1.165, 1.54) is 18.4 Å². The highest BCUT2D eigenvalue weighted by atomic mass is 32.2. The summed E-state index contributed by atoms with van der Waals surface area (Å²) < 4.78 is 38.0. The summed E-state index contributed by atoms with van der Waals surface area (Å²) in [6, 6.07) is 14.1. The lowest BCUT2D eigenvalue weighted by molar-refractivity contribution is 0.107. The Hall–Kier alpha value is -2.78. The van der Waals surface area contributed by atoms with E-state index in [-0.39, 0.29) is 23.6 Å². The molecule has 0 bridgehead atoms. The molecule has 32 heavy (non-hydrogen) atoms. The number of sulfonamides is 1. The van der Waals surface area contributed by atoms with Crippen molar-refractivity contribution in [1.82, 2.24) is 14.5 Å². The maximum absolute atomic E-state index is 12.7. The minimum absolute atomic E-state index is 0.00613. The molecular formula is C23H31N3O5S. The second-order valence-electron chi connectivity index (χ2n) is 7.74. The van der Waals surface area contributed by atoms with Crippen molar-refractivity contribution < 1.29 is 22.7 Å². The highest BCUT2D eigenvalue weighted by Crippen LogP contribution is 2.29. The highest BCUT2D eigenvalue weighted by molar-refractivity contribution is 7.89. The van der Waals surface area contributed by atoms with Gasteiger partial charge in [-0.3, -0.25) is 0 Å². The summed E-state index contributed by atoms with van der Waals surface area (Å²) in [4.78, 5) is 14.6. The molecule has 3 rings (SSSR count). The Kier molecular flexibility index (Phi) is 7.98. The van der Waals surface area contributed by atoms with Crippen LogP contribution in [-0.2, 0) is 16.6 Å². The molecule has 0 unspecified atom stereocenters. The number of likely N-dealkylation sites (tertiary alicyclic amines) is 1. The molecule has 1 fully saturated rings. The van der Waals surface area contributed by atoms with Gasteiger partial charge < -0.3 is 19.7 Å². The van der Waals surface area contributed by atoms with Crippen LogP contribution in [0.3, 0.4) is 0 Å². The lowest BCUT2D eigenvalue weighted by atomic mass is 10.1. The summed E-state index contributed by atoms with van der Waals surface area (Å²) in [7, 11) is -0.604. The zero-order valence-corrected chi connectivity index (χ0v) is 19.6. The molecule has 0 aromatic heterocycles. The van der Waals surface area contributed by atoms with Gasteiger partial charge in [0.25, 0.3) is 0 Å². The van der Waals surface area contributed by atoms with E-state index >= 15 is 0 Å². The maximum atomic E-state index is 12.7. The molecule has 1 N–H and O–H groups in total. The molecule has 0 radical (unpaired) electrons. The van der Waals surface area contributed by atoms with Crippen LogP contribution in [0.2, 0.25) is 0 Å². The van der Waals surface area contributed by atoms with Crippen LogP contribution in [0.4, 0.5) is 4.79 Å². The third-order valence-electron chi connectivity index (χ3n) is 5.33. The van der Waals surface area contributed by atoms with Gasteiger partial charge in [-0.2, -0.15) is 0 Å². The van der Waals surface area contributed by atoms with Gasteiger partial charge in [0.1, 0.15) is 6.10 Å². The van der Waals surface area contributed by atoms with E-state index in [1.807, 2.05) is 31.2 Å². The highest BCUT2D eigenvalue weighted by Gasteiger charge is 2.25. The molecule has 1 aliphatic heterocycles. The van der Waals surface area contributed by atoms with E-state index in [9.17, 15) is 13.2 Å². The molecule has 0 spiro atoms. The van der Waals surface area contributed by atoms with E-state index in [1.54, 1.807) is 29.2 Å². The number of hydrogen-bond acceptors (Lipinski definition) is 5. The fourth-order valence-electron chi connectivity index (χ4n) is 3.56. The number of benzene rings is 2. The minimum atomic E-state index is -3.58. The summed E-state index contributed by atoms with van der Waals surface area (Å²) in [5.74, 6) is 1.44. The molecule has 1 aliphatic rings. The third-order valence-corrected chi connectivity index (χ3v) is 7.25. The molecule has 2 aromatic carbocycles. The lowest BCUT2D eigenvalue weighted by Crippen LogP contribution is -2.46. The Morgan fingerprint density at radius 2 is 1.69 bits per heavy atom. The molecule has 0 atom stereocenters. The standard InChI is InChI=1S/C23H31N3O5S/c1-4-30-20-10-6-7-11-21(20)31-19-13-15-26(16-14-19)23(27)24-17-18-9-5-8-12-22(18)32(28,29)25(2)3/h5-12,19H,4,13-17H2,1-3H3,(H,24,27). The van der Waals surface area contributed by atoms with Crippen LogP contribution in [0.15, 0.2) is 53.4 Å². The first-order valence-electron chi connectivity index (χ1n) is 10.7. The molecule has 2 aromatic rings. The third kappa shape index (κ3) is 5.72. The quantitative estimate of drug-likeness (QED) is 0.653. The number of amides is 2. The Morgan fingerprint density at radius 1 is 1.06 bits per heavy atom. The van der Waals surface area contributed by atoms with Crippen molar-refractivity contribution in [2.24, 2.45) is 0 Å². The van der Waals surface area contributed by atoms with Crippen LogP contribution in [-0.4, -0.2) is 63.5 Å². The zero-order valence-electron chi connectivity index (χ0n) is 18.8. The predicted octanol–water partition coefficient (Wildman–Crippen LogP) is 3.09. The number of nitrogens with zero attached hydrogens (tertiary/aromatic N) is 2. The van der Waals surface area contributed by atoms with E-state index in [4.69, 9.17) is 9.47 Å². The average molecular weight is 462 g/mol. The topological polar surface area (TPSA) is 88.2 Å². The number of carbonyl (C=O) groups excluding carboxylic acids is 1. The van der Waals surface area contributed by atoms with Crippen LogP contribution in [0, 0.1) is 0 Å². The fraction of sp³-hybridized carbons (Fsp3) is 0.435. The molecule has 8 nitrogen and oxygen atoms in total. The van der Waals surface area contributed by atoms with Gasteiger partial charge in [-0.05, 0) is 30.7 Å². The molecule has 174 valence electrons. The summed E-state index contributed by atoms with van der Waals surface area (Å²) in [6.45, 7) is 3.76. The molecule has 0 saturated carbocycles. The number of urea groups is 1. The Morgan fingerprint density at radius 3 is 2.34 bits per heavy atom. The Labute approximate surface area is 190 Å². The second kappa shape index (κ2) is 10.7. The summed E-state index contributed by atoms with van der Waals surface area (Å²) in [5, 5.41) is 2.85. The number of ether oxygens (including phenoxy) is 2. The van der Waals surface area contributed by atoms with Crippen LogP contribution in [0.25, 0.3) is 0 Å². The fourth-order valence-corrected chi connectivity index (χ4v) is 4.67. The van der Waals surface area contributed by atoms with Crippen molar-refractivity contribution in [3.63, 3.8) is 0 Å². The normalized spacial score (nSPS) is 14.9. The monoisotopic (exact) mass is 461 g/mol. The van der Waals surface area contributed by atoms with E-state index in [2.05, 4.69) is 5.32 Å². The number of nitrogens with one attached hydrogen (secondary N) is 1. The molecular weight excluding hydrogens is 430 g/mol. The Balaban J connectivity index is 1.54. The van der Waals surface area contributed by atoms with Crippen LogP contribution < -0.4 is 14.8 Å². The van der Waals surface area contributed by atoms with E-state index < -0.39 is 10.0 Å². The largest absolute Gasteiger partial charge is 0.490 e. The minimum Gasteiger partial charge on any atom is -0.490 e. The number of piperidine rings is 1. The van der Waals surface area contributed by atoms with Gasteiger partial charge >= 0.3 is 6.03 Å². The van der Waals surface area contributed by atoms with Crippen molar-refractivity contribution in [3.8, 4) is 11.5 Å². The average Bonchev–Trinajstić information content (AvgIpc) is 2.79. The maximum Gasteiger partial charge on any atom is 0.317 e. The van der Waals surface area contributed by atoms with E-state index in [0.29, 0.717) is 38.1 Å². The smallest absolute Gasteiger partial charge is 0.317 e. The van der Waals surface area contributed by atoms with Gasteiger partial charge in [-0.15, -0.1) is 0 Å². The SMILES string of the molecule is CCOc1ccccc1OC1CCN(C(=O)NCc2ccccc2S(=O)(=O)N(C)C)CC1. The predicted molar refractivity (Wildman–Crippen MR) is 122 cm³/mol. The van der Waals surface area contributed by atoms with Crippen molar-refractivity contribution in [2.75, 3.05) is 33.8 Å². The number of para-hydroxylation sites is 2. The van der Waals surface area contributed by atoms with Crippen molar-refractivity contribution in [3.05, 3.63) is 54.1 Å². The number of rotatable bonds is 8. The first-order chi connectivity index (χ1) is 15.3. The number of carbonyl (C=O) groups is 1. The number of hydrogen-bond donors (Lipinski definition) is 1. The van der Waals surface area contributed by atoms with Crippen molar-refractivity contribution in [2.45, 2.75) is 37.3 Å². The van der Waals surface area contributed by atoms with Gasteiger partial charge in [-0.25, -0.2) is 17.5 Å². The van der Waals surface area contributed by atoms with Gasteiger partial charge in [0.2, 0.25) is 10.0 Å². The van der Waals surface area contributed by atoms with Crippen LogP contribution >= 0.6 is 0 Å². The summed E-state index contributed by atoms with van der Waals surface area (Å²) in [5.41, 5.74) is 0.556. The zero-order chi connectivity index (χ0) is 23.1. The first-order valence-corrected chi connectivity index (χ1v) is 12.2. The lowest BCUT2D eigenvalue weighted by Gasteiger charge is -2.32. The summed E-state index contributed by atoms with van der Waals surface area (Å²) in [6.07, 6.45) is 1.42. The van der Waals surface area contributed by atoms with Crippen LogP contribution in [0.5, 0.6) is 11.5 Å². The Bertz CT molecular complexity index is 1020. The summed E-state index contributed by atoms with van der Waals surface area (Å²) >= 11 is 0. The molecule has 1 heterocycles. The van der Waals surface area contributed by atoms with Gasteiger partial charge in [-0.1, -0.05) is 30.3 Å². The second-order valence-corrected chi connectivity index (χ2v) is 9.86. The van der Waals surface area contributed by atoms with Gasteiger partial charge in [0.05, 0.1) is 11.5 Å². The van der Waals surface area contributed by atoms with E-state index in [0.717, 1.165) is 11.5 Å². The van der Waals surface area contributed by atoms with Crippen molar-refractivity contribution in [1.29, 1.82) is 0 Å². The molecule has 9 heteroatoms. The molecule has 1 saturated heterocycles. The first kappa shape index (κ1) is 23.9. The van der Waals surface area contributed by atoms with Gasteiger partial charge in [0, 0.05) is 46.6 Å². The molecule has 2 amide bonds. The van der Waals surface area contributed by atoms with Crippen LogP contribution in [0.1, 0.15) is 25.3 Å². The van der Waals surface area contributed by atoms with Gasteiger partial charge in [0.15, 0.2) is 11.5 Å². The molecule has 0 aliphatic carbocycles.